The van der Waals surface area contributed by atoms with Crippen molar-refractivity contribution in [2.24, 2.45) is 0 Å². The molecule has 0 saturated carbocycles. The molecule has 7 aromatic carbocycles. The summed E-state index contributed by atoms with van der Waals surface area (Å²) in [6.45, 7) is 4.47. The molecule has 0 heteroatoms. The Bertz CT molecular complexity index is 2690. The van der Waals surface area contributed by atoms with Gasteiger partial charge in [0.05, 0.1) is 5.41 Å². The van der Waals surface area contributed by atoms with Crippen LogP contribution in [0.15, 0.2) is 205 Å². The first-order chi connectivity index (χ1) is 26.6. The lowest BCUT2D eigenvalue weighted by atomic mass is 9.67. The number of terminal acetylenes is 1. The summed E-state index contributed by atoms with van der Waals surface area (Å²) in [6, 6.07) is 60.6. The van der Waals surface area contributed by atoms with Crippen LogP contribution in [0.3, 0.4) is 0 Å². The van der Waals surface area contributed by atoms with E-state index in [0.717, 1.165) is 6.42 Å². The molecule has 0 saturated heterocycles. The third kappa shape index (κ3) is 5.41. The highest BCUT2D eigenvalue weighted by atomic mass is 14.5. The fourth-order valence-electron chi connectivity index (χ4n) is 8.97. The van der Waals surface area contributed by atoms with Gasteiger partial charge in [0.15, 0.2) is 0 Å². The van der Waals surface area contributed by atoms with E-state index in [1.54, 1.807) is 6.08 Å². The molecule has 0 radical (unpaired) electrons. The number of rotatable bonds is 6. The molecule has 0 aliphatic heterocycles. The van der Waals surface area contributed by atoms with Crippen LogP contribution in [0.2, 0.25) is 0 Å². The molecule has 0 spiro atoms. The van der Waals surface area contributed by atoms with Crippen molar-refractivity contribution >= 4 is 16.3 Å². The molecular weight excluding hydrogens is 649 g/mol. The van der Waals surface area contributed by atoms with E-state index < -0.39 is 5.41 Å². The summed E-state index contributed by atoms with van der Waals surface area (Å²) in [5.41, 5.74) is 18.6. The molecule has 9 rings (SSSR count). The van der Waals surface area contributed by atoms with E-state index in [1.807, 2.05) is 6.08 Å². The Morgan fingerprint density at radius 3 is 2.00 bits per heavy atom. The van der Waals surface area contributed by atoms with E-state index in [9.17, 15) is 0 Å². The first-order valence-corrected chi connectivity index (χ1v) is 18.8. The molecule has 0 N–H and O–H groups in total. The third-order valence-corrected chi connectivity index (χ3v) is 11.5. The van der Waals surface area contributed by atoms with Crippen molar-refractivity contribution in [3.05, 3.63) is 244 Å². The maximum atomic E-state index is 5.55. The second kappa shape index (κ2) is 13.7. The number of hydrogen-bond donors (Lipinski definition) is 0. The maximum Gasteiger partial charge on any atom is 0.0713 e. The molecule has 256 valence electrons. The van der Waals surface area contributed by atoms with Crippen LogP contribution >= 0.6 is 0 Å². The minimum absolute atomic E-state index is 0.428. The van der Waals surface area contributed by atoms with E-state index in [-0.39, 0.29) is 0 Å². The van der Waals surface area contributed by atoms with Crippen LogP contribution in [0.4, 0.5) is 0 Å². The lowest BCUT2D eigenvalue weighted by molar-refractivity contribution is 0.769. The molecule has 2 aliphatic rings. The number of fused-ring (bicyclic) bond motifs is 4. The van der Waals surface area contributed by atoms with Gasteiger partial charge in [-0.05, 0) is 127 Å². The van der Waals surface area contributed by atoms with E-state index in [1.165, 1.54) is 94.3 Å². The number of allylic oxidation sites excluding steroid dienone is 7. The lowest BCUT2D eigenvalue weighted by Crippen LogP contribution is -2.28. The van der Waals surface area contributed by atoms with Crippen LogP contribution in [0, 0.1) is 19.3 Å². The molecule has 54 heavy (non-hydrogen) atoms. The van der Waals surface area contributed by atoms with Gasteiger partial charge in [-0.1, -0.05) is 181 Å². The monoisotopic (exact) mass is 688 g/mol. The van der Waals surface area contributed by atoms with Gasteiger partial charge in [-0.2, -0.15) is 0 Å². The van der Waals surface area contributed by atoms with Crippen molar-refractivity contribution < 1.29 is 0 Å². The minimum atomic E-state index is -0.428. The van der Waals surface area contributed by atoms with Gasteiger partial charge >= 0.3 is 0 Å². The molecule has 0 unspecified atom stereocenters. The fourth-order valence-corrected chi connectivity index (χ4v) is 8.97. The van der Waals surface area contributed by atoms with Gasteiger partial charge in [0.25, 0.3) is 0 Å². The van der Waals surface area contributed by atoms with Crippen molar-refractivity contribution in [3.63, 3.8) is 0 Å². The van der Waals surface area contributed by atoms with E-state index in [4.69, 9.17) is 6.42 Å². The van der Waals surface area contributed by atoms with Crippen LogP contribution < -0.4 is 0 Å². The van der Waals surface area contributed by atoms with Gasteiger partial charge in [-0.25, -0.2) is 0 Å². The Morgan fingerprint density at radius 1 is 0.611 bits per heavy atom. The normalized spacial score (nSPS) is 15.3. The van der Waals surface area contributed by atoms with Crippen molar-refractivity contribution in [1.82, 2.24) is 0 Å². The van der Waals surface area contributed by atoms with Gasteiger partial charge in [-0.3, -0.25) is 0 Å². The van der Waals surface area contributed by atoms with Crippen molar-refractivity contribution in [1.29, 1.82) is 0 Å². The zero-order chi connectivity index (χ0) is 36.6. The Balaban J connectivity index is 1.18. The van der Waals surface area contributed by atoms with Crippen molar-refractivity contribution in [2.45, 2.75) is 25.7 Å². The van der Waals surface area contributed by atoms with Gasteiger partial charge in [0.2, 0.25) is 0 Å². The molecule has 0 amide bonds. The average Bonchev–Trinajstić information content (AvgIpc) is 3.53. The largest absolute Gasteiger partial charge is 0.115 e. The highest BCUT2D eigenvalue weighted by molar-refractivity contribution is 5.95. The SMILES string of the molecule is C#C/C=C\C1=C(C)C/C(=C(/c2ccc(-c3cccc(C4(c5ccccc5)c5ccccc5-c5ccccc54)c3)cc2)c2ccc3ccccc3c2C)C=C1. The Kier molecular flexibility index (Phi) is 8.42. The van der Waals surface area contributed by atoms with E-state index >= 15 is 0 Å². The fraction of sp³-hybridized carbons (Fsp3) is 0.0741. The second-order valence-electron chi connectivity index (χ2n) is 14.5. The van der Waals surface area contributed by atoms with Gasteiger partial charge in [0.1, 0.15) is 0 Å². The average molecular weight is 689 g/mol. The zero-order valence-corrected chi connectivity index (χ0v) is 30.7. The first-order valence-electron chi connectivity index (χ1n) is 18.8. The van der Waals surface area contributed by atoms with E-state index in [2.05, 4.69) is 196 Å². The number of benzene rings is 7. The van der Waals surface area contributed by atoms with Crippen LogP contribution in [-0.4, -0.2) is 0 Å². The van der Waals surface area contributed by atoms with Crippen LogP contribution in [0.5, 0.6) is 0 Å². The van der Waals surface area contributed by atoms with Crippen molar-refractivity contribution in [2.75, 3.05) is 0 Å². The van der Waals surface area contributed by atoms with Gasteiger partial charge in [-0.15, -0.1) is 6.42 Å². The lowest BCUT2D eigenvalue weighted by Gasteiger charge is -2.34. The van der Waals surface area contributed by atoms with Gasteiger partial charge in [0, 0.05) is 0 Å². The topological polar surface area (TPSA) is 0 Å². The first kappa shape index (κ1) is 33.2. The summed E-state index contributed by atoms with van der Waals surface area (Å²) in [5.74, 6) is 2.64. The molecule has 0 bridgehead atoms. The quantitative estimate of drug-likeness (QED) is 0.153. The highest BCUT2D eigenvalue weighted by Crippen LogP contribution is 2.56. The van der Waals surface area contributed by atoms with E-state index in [0.29, 0.717) is 0 Å². The Morgan fingerprint density at radius 2 is 1.28 bits per heavy atom. The summed E-state index contributed by atoms with van der Waals surface area (Å²) in [5, 5.41) is 2.55. The van der Waals surface area contributed by atoms with Gasteiger partial charge < -0.3 is 0 Å². The molecule has 0 nitrogen and oxygen atoms in total. The predicted molar refractivity (Wildman–Crippen MR) is 228 cm³/mol. The third-order valence-electron chi connectivity index (χ3n) is 11.5. The van der Waals surface area contributed by atoms with Crippen LogP contribution in [0.25, 0.3) is 38.6 Å². The number of hydrogen-bond acceptors (Lipinski definition) is 0. The second-order valence-corrected chi connectivity index (χ2v) is 14.5. The number of aryl methyl sites for hydroxylation is 1. The maximum absolute atomic E-state index is 5.55. The molecule has 0 fully saturated rings. The summed E-state index contributed by atoms with van der Waals surface area (Å²) < 4.78 is 0. The smallest absolute Gasteiger partial charge is 0.0713 e. The summed E-state index contributed by atoms with van der Waals surface area (Å²) in [4.78, 5) is 0. The summed E-state index contributed by atoms with van der Waals surface area (Å²) >= 11 is 0. The predicted octanol–water partition coefficient (Wildman–Crippen LogP) is 13.4. The Labute approximate surface area is 319 Å². The summed E-state index contributed by atoms with van der Waals surface area (Å²) in [6.07, 6.45) is 14.7. The summed E-state index contributed by atoms with van der Waals surface area (Å²) in [7, 11) is 0. The van der Waals surface area contributed by atoms with Crippen molar-refractivity contribution in [3.8, 4) is 34.6 Å². The van der Waals surface area contributed by atoms with Crippen LogP contribution in [0.1, 0.15) is 52.3 Å². The minimum Gasteiger partial charge on any atom is -0.115 e. The Hall–Kier alpha value is -6.68. The van der Waals surface area contributed by atoms with Crippen LogP contribution in [-0.2, 0) is 5.41 Å². The zero-order valence-electron chi connectivity index (χ0n) is 30.7. The highest BCUT2D eigenvalue weighted by Gasteiger charge is 2.45. The molecule has 2 aliphatic carbocycles. The molecule has 0 aromatic heterocycles. The molecular formula is C54H40. The molecule has 0 heterocycles. The molecule has 0 atom stereocenters. The molecule has 7 aromatic rings. The standard InChI is InChI=1S/C54H40/c1-4-5-16-39-27-32-44(35-37(39)2)53(48-34-33-41-17-9-10-22-47(41)38(48)3)42-30-28-40(29-31-42)43-18-15-21-46(36-43)54(45-19-7-6-8-20-45)51-25-13-11-23-49(51)50-24-12-14-26-52(50)54/h1,5-34,36H,35H2,2-3H3/b16-5-,53-44-.